The highest BCUT2D eigenvalue weighted by molar-refractivity contribution is 5.95. The number of hydrogen-bond donors (Lipinski definition) is 1. The Morgan fingerprint density at radius 1 is 1.21 bits per heavy atom. The van der Waals surface area contributed by atoms with E-state index < -0.39 is 0 Å². The number of nitrogens with one attached hydrogen (secondary N) is 1. The highest BCUT2D eigenvalue weighted by Gasteiger charge is 2.25. The van der Waals surface area contributed by atoms with Gasteiger partial charge in [0.25, 0.3) is 5.91 Å². The van der Waals surface area contributed by atoms with Gasteiger partial charge in [-0.1, -0.05) is 36.2 Å². The van der Waals surface area contributed by atoms with Crippen molar-refractivity contribution in [2.75, 3.05) is 13.2 Å². The highest BCUT2D eigenvalue weighted by Crippen LogP contribution is 2.32. The average molecular weight is 399 g/mol. The lowest BCUT2D eigenvalue weighted by molar-refractivity contribution is -0.0392. The predicted molar refractivity (Wildman–Crippen MR) is 106 cm³/mol. The van der Waals surface area contributed by atoms with Gasteiger partial charge in [-0.2, -0.15) is 4.98 Å². The van der Waals surface area contributed by atoms with Crippen LogP contribution in [0.15, 0.2) is 28.8 Å². The van der Waals surface area contributed by atoms with Gasteiger partial charge in [-0.25, -0.2) is 0 Å². The minimum absolute atomic E-state index is 0.163. The molecule has 0 radical (unpaired) electrons. The maximum atomic E-state index is 12.9. The van der Waals surface area contributed by atoms with Crippen LogP contribution in [-0.4, -0.2) is 35.4 Å². The van der Waals surface area contributed by atoms with Gasteiger partial charge in [0, 0.05) is 24.7 Å². The fraction of sp³-hybridized carbons (Fsp3) is 0.591. The Bertz CT molecular complexity index is 810. The van der Waals surface area contributed by atoms with Crippen LogP contribution in [0.2, 0.25) is 0 Å². The summed E-state index contributed by atoms with van der Waals surface area (Å²) in [5.74, 6) is 1.45. The van der Waals surface area contributed by atoms with Crippen LogP contribution in [0.4, 0.5) is 0 Å². The average Bonchev–Trinajstić information content (AvgIpc) is 3.45. The molecule has 1 saturated carbocycles. The second-order valence-corrected chi connectivity index (χ2v) is 7.95. The summed E-state index contributed by atoms with van der Waals surface area (Å²) in [7, 11) is 0. The van der Waals surface area contributed by atoms with Crippen molar-refractivity contribution >= 4 is 5.91 Å². The van der Waals surface area contributed by atoms with E-state index in [1.165, 1.54) is 12.8 Å². The minimum Gasteiger partial charge on any atom is -0.381 e. The third-order valence-corrected chi connectivity index (χ3v) is 5.80. The maximum absolute atomic E-state index is 12.9. The lowest BCUT2D eigenvalue weighted by Crippen LogP contribution is -2.28. The fourth-order valence-electron chi connectivity index (χ4n) is 4.03. The summed E-state index contributed by atoms with van der Waals surface area (Å²) in [6.07, 6.45) is 6.63. The Balaban J connectivity index is 1.37. The van der Waals surface area contributed by atoms with Gasteiger partial charge in [0.1, 0.15) is 6.04 Å². The van der Waals surface area contributed by atoms with Gasteiger partial charge < -0.3 is 19.3 Å². The highest BCUT2D eigenvalue weighted by atomic mass is 16.5. The van der Waals surface area contributed by atoms with Crippen molar-refractivity contribution in [2.45, 2.75) is 70.1 Å². The van der Waals surface area contributed by atoms with Gasteiger partial charge >= 0.3 is 0 Å². The molecule has 7 heteroatoms. The molecule has 1 N–H and O–H groups in total. The van der Waals surface area contributed by atoms with Gasteiger partial charge in [-0.15, -0.1) is 0 Å². The quantitative estimate of drug-likeness (QED) is 0.760. The molecule has 2 heterocycles. The van der Waals surface area contributed by atoms with Crippen molar-refractivity contribution in [3.05, 3.63) is 47.1 Å². The maximum Gasteiger partial charge on any atom is 0.252 e. The summed E-state index contributed by atoms with van der Waals surface area (Å²) in [5.41, 5.74) is 1.49. The SMILES string of the molecule is CC(NC(=O)c1ccccc1COC1CCOCC1)c1nc(C2CCCC2)no1. The molecule has 1 saturated heterocycles. The number of nitrogens with zero attached hydrogens (tertiary/aromatic N) is 2. The molecule has 2 aliphatic rings. The molecule has 4 rings (SSSR count). The first kappa shape index (κ1) is 20.0. The number of amides is 1. The molecule has 29 heavy (non-hydrogen) atoms. The molecular formula is C22H29N3O4. The van der Waals surface area contributed by atoms with Gasteiger partial charge in [-0.3, -0.25) is 4.79 Å². The van der Waals surface area contributed by atoms with Crippen molar-refractivity contribution in [2.24, 2.45) is 0 Å². The van der Waals surface area contributed by atoms with E-state index in [1.807, 2.05) is 31.2 Å². The van der Waals surface area contributed by atoms with E-state index in [0.29, 0.717) is 24.0 Å². The molecule has 0 bridgehead atoms. The third-order valence-electron chi connectivity index (χ3n) is 5.80. The molecule has 7 nitrogen and oxygen atoms in total. The van der Waals surface area contributed by atoms with Crippen molar-refractivity contribution in [3.8, 4) is 0 Å². The first-order valence-corrected chi connectivity index (χ1v) is 10.6. The number of carbonyl (C=O) groups excluding carboxylic acids is 1. The fourth-order valence-corrected chi connectivity index (χ4v) is 4.03. The third kappa shape index (κ3) is 5.03. The Morgan fingerprint density at radius 3 is 2.76 bits per heavy atom. The van der Waals surface area contributed by atoms with Gasteiger partial charge in [0.2, 0.25) is 5.89 Å². The van der Waals surface area contributed by atoms with E-state index >= 15 is 0 Å². The molecular weight excluding hydrogens is 370 g/mol. The predicted octanol–water partition coefficient (Wildman–Crippen LogP) is 3.91. The Labute approximate surface area is 171 Å². The molecule has 1 aromatic carbocycles. The smallest absolute Gasteiger partial charge is 0.252 e. The second-order valence-electron chi connectivity index (χ2n) is 7.95. The largest absolute Gasteiger partial charge is 0.381 e. The first-order chi connectivity index (χ1) is 14.2. The van der Waals surface area contributed by atoms with Crippen LogP contribution in [0.3, 0.4) is 0 Å². The summed E-state index contributed by atoms with van der Waals surface area (Å²) in [6, 6.07) is 7.19. The Hall–Kier alpha value is -2.25. The van der Waals surface area contributed by atoms with E-state index in [-0.39, 0.29) is 18.1 Å². The van der Waals surface area contributed by atoms with Crippen molar-refractivity contribution in [1.82, 2.24) is 15.5 Å². The summed E-state index contributed by atoms with van der Waals surface area (Å²) in [4.78, 5) is 17.4. The topological polar surface area (TPSA) is 86.5 Å². The van der Waals surface area contributed by atoms with Gasteiger partial charge in [-0.05, 0) is 44.2 Å². The zero-order valence-corrected chi connectivity index (χ0v) is 16.9. The van der Waals surface area contributed by atoms with E-state index in [9.17, 15) is 4.79 Å². The van der Waals surface area contributed by atoms with Crippen LogP contribution in [0.1, 0.15) is 85.0 Å². The molecule has 1 atom stereocenters. The number of carbonyl (C=O) groups is 1. The standard InChI is InChI=1S/C22H29N3O4/c1-15(22-24-20(25-29-22)16-6-2-3-7-16)23-21(26)19-9-5-4-8-17(19)14-28-18-10-12-27-13-11-18/h4-5,8-9,15-16,18H,2-3,6-7,10-14H2,1H3,(H,23,26). The number of benzene rings is 1. The normalized spacial score (nSPS) is 19.3. The number of rotatable bonds is 7. The first-order valence-electron chi connectivity index (χ1n) is 10.6. The zero-order chi connectivity index (χ0) is 20.1. The molecule has 2 aromatic rings. The number of hydrogen-bond acceptors (Lipinski definition) is 6. The lowest BCUT2D eigenvalue weighted by Gasteiger charge is -2.23. The molecule has 1 amide bonds. The van der Waals surface area contributed by atoms with Crippen LogP contribution in [-0.2, 0) is 16.1 Å². The van der Waals surface area contributed by atoms with Crippen molar-refractivity contribution < 1.29 is 18.8 Å². The monoisotopic (exact) mass is 399 g/mol. The van der Waals surface area contributed by atoms with E-state index in [1.54, 1.807) is 0 Å². The minimum atomic E-state index is -0.352. The van der Waals surface area contributed by atoms with E-state index in [2.05, 4.69) is 15.5 Å². The van der Waals surface area contributed by atoms with Crippen LogP contribution in [0.5, 0.6) is 0 Å². The van der Waals surface area contributed by atoms with Crippen LogP contribution < -0.4 is 5.32 Å². The number of aromatic nitrogens is 2. The summed E-state index contributed by atoms with van der Waals surface area (Å²) in [5, 5.41) is 7.11. The molecule has 1 aliphatic heterocycles. The summed E-state index contributed by atoms with van der Waals surface area (Å²) >= 11 is 0. The Kier molecular flexibility index (Phi) is 6.56. The van der Waals surface area contributed by atoms with Gasteiger partial charge in [0.15, 0.2) is 5.82 Å². The van der Waals surface area contributed by atoms with Crippen LogP contribution in [0.25, 0.3) is 0 Å². The summed E-state index contributed by atoms with van der Waals surface area (Å²) < 4.78 is 16.8. The lowest BCUT2D eigenvalue weighted by atomic mass is 10.1. The second kappa shape index (κ2) is 9.50. The molecule has 1 aliphatic carbocycles. The molecule has 156 valence electrons. The summed E-state index contributed by atoms with van der Waals surface area (Å²) in [6.45, 7) is 3.74. The molecule has 2 fully saturated rings. The molecule has 0 spiro atoms. The molecule has 1 unspecified atom stereocenters. The van der Waals surface area contributed by atoms with Crippen LogP contribution >= 0.6 is 0 Å². The van der Waals surface area contributed by atoms with Gasteiger partial charge in [0.05, 0.1) is 12.7 Å². The van der Waals surface area contributed by atoms with E-state index in [4.69, 9.17) is 14.0 Å². The number of ether oxygens (including phenoxy) is 2. The van der Waals surface area contributed by atoms with E-state index in [0.717, 1.165) is 50.3 Å². The zero-order valence-electron chi connectivity index (χ0n) is 16.9. The van der Waals surface area contributed by atoms with Crippen LogP contribution in [0, 0.1) is 0 Å². The Morgan fingerprint density at radius 2 is 1.97 bits per heavy atom. The van der Waals surface area contributed by atoms with Crippen molar-refractivity contribution in [1.29, 1.82) is 0 Å². The molecule has 1 aromatic heterocycles. The van der Waals surface area contributed by atoms with Crippen molar-refractivity contribution in [3.63, 3.8) is 0 Å².